The molecular weight excluding hydrogens is 162 g/mol. The maximum atomic E-state index is 10.6. The van der Waals surface area contributed by atoms with Gasteiger partial charge in [0.15, 0.2) is 0 Å². The Kier molecular flexibility index (Phi) is 1.95. The quantitative estimate of drug-likeness (QED) is 0.453. The molecular formula is C5H7N5O2. The first kappa shape index (κ1) is 8.05. The van der Waals surface area contributed by atoms with Gasteiger partial charge in [0.25, 0.3) is 5.91 Å². The number of urea groups is 1. The average Bonchev–Trinajstić information content (AvgIpc) is 2.33. The summed E-state index contributed by atoms with van der Waals surface area (Å²) in [7, 11) is 0. The molecule has 12 heavy (non-hydrogen) atoms. The van der Waals surface area contributed by atoms with E-state index < -0.39 is 11.9 Å². The molecule has 1 rings (SSSR count). The van der Waals surface area contributed by atoms with Crippen LogP contribution in [-0.4, -0.2) is 22.1 Å². The van der Waals surface area contributed by atoms with Crippen LogP contribution in [0.3, 0.4) is 0 Å². The lowest BCUT2D eigenvalue weighted by Crippen LogP contribution is -2.22. The minimum Gasteiger partial charge on any atom is -0.364 e. The van der Waals surface area contributed by atoms with Gasteiger partial charge >= 0.3 is 6.03 Å². The van der Waals surface area contributed by atoms with E-state index in [2.05, 4.69) is 15.5 Å². The van der Waals surface area contributed by atoms with Gasteiger partial charge in [-0.2, -0.15) is 5.10 Å². The predicted octanol–water partition coefficient (Wildman–Crippen LogP) is -1.00. The Morgan fingerprint density at radius 2 is 2.17 bits per heavy atom. The largest absolute Gasteiger partial charge is 0.364 e. The molecule has 0 atom stereocenters. The Balaban J connectivity index is 2.91. The highest BCUT2D eigenvalue weighted by molar-refractivity contribution is 6.00. The first-order chi connectivity index (χ1) is 5.61. The molecule has 1 aromatic rings. The van der Waals surface area contributed by atoms with Crippen LogP contribution in [0.1, 0.15) is 10.5 Å². The van der Waals surface area contributed by atoms with Crippen molar-refractivity contribution >= 4 is 17.6 Å². The van der Waals surface area contributed by atoms with Crippen LogP contribution in [0.2, 0.25) is 0 Å². The number of rotatable bonds is 2. The first-order valence-electron chi connectivity index (χ1n) is 3.01. The number of hydrogen-bond donors (Lipinski definition) is 4. The number of aromatic amines is 1. The molecule has 6 N–H and O–H groups in total. The summed E-state index contributed by atoms with van der Waals surface area (Å²) in [5.74, 6) is -0.712. The molecule has 0 aliphatic rings. The number of H-pyrrole nitrogens is 1. The number of aromatic nitrogens is 2. The van der Waals surface area contributed by atoms with Gasteiger partial charge < -0.3 is 16.8 Å². The van der Waals surface area contributed by atoms with Crippen molar-refractivity contribution in [2.24, 2.45) is 11.5 Å². The number of amides is 3. The number of nitrogens with two attached hydrogens (primary N) is 2. The van der Waals surface area contributed by atoms with Crippen molar-refractivity contribution in [3.63, 3.8) is 0 Å². The van der Waals surface area contributed by atoms with Crippen molar-refractivity contribution in [1.29, 1.82) is 0 Å². The fraction of sp³-hybridized carbons (Fsp3) is 0. The van der Waals surface area contributed by atoms with E-state index in [-0.39, 0.29) is 11.4 Å². The maximum absolute atomic E-state index is 10.6. The summed E-state index contributed by atoms with van der Waals surface area (Å²) in [5, 5.41) is 8.00. The van der Waals surface area contributed by atoms with Crippen molar-refractivity contribution < 1.29 is 9.59 Å². The summed E-state index contributed by atoms with van der Waals surface area (Å²) in [6.07, 6.45) is 1.24. The van der Waals surface area contributed by atoms with Crippen LogP contribution >= 0.6 is 0 Å². The number of carbonyl (C=O) groups excluding carboxylic acids is 2. The number of carbonyl (C=O) groups is 2. The molecule has 7 nitrogen and oxygen atoms in total. The van der Waals surface area contributed by atoms with E-state index in [1.807, 2.05) is 0 Å². The van der Waals surface area contributed by atoms with Crippen LogP contribution in [-0.2, 0) is 0 Å². The fourth-order valence-electron chi connectivity index (χ4n) is 0.701. The summed E-state index contributed by atoms with van der Waals surface area (Å²) in [6, 6.07) is -0.779. The smallest absolute Gasteiger partial charge is 0.316 e. The third-order valence-electron chi connectivity index (χ3n) is 1.14. The zero-order chi connectivity index (χ0) is 9.14. The topological polar surface area (TPSA) is 127 Å². The van der Waals surface area contributed by atoms with E-state index in [1.165, 1.54) is 6.20 Å². The van der Waals surface area contributed by atoms with Gasteiger partial charge in [-0.05, 0) is 0 Å². The Morgan fingerprint density at radius 1 is 1.50 bits per heavy atom. The number of nitrogens with zero attached hydrogens (tertiary/aromatic N) is 1. The van der Waals surface area contributed by atoms with Gasteiger partial charge in [-0.15, -0.1) is 0 Å². The highest BCUT2D eigenvalue weighted by Gasteiger charge is 2.10. The van der Waals surface area contributed by atoms with E-state index in [0.29, 0.717) is 0 Å². The molecule has 1 heterocycles. The minimum atomic E-state index is -0.779. The molecule has 7 heteroatoms. The number of primary amides is 2. The monoisotopic (exact) mass is 169 g/mol. The van der Waals surface area contributed by atoms with E-state index in [4.69, 9.17) is 11.5 Å². The van der Waals surface area contributed by atoms with Crippen LogP contribution in [0, 0.1) is 0 Å². The van der Waals surface area contributed by atoms with Crippen LogP contribution in [0.25, 0.3) is 0 Å². The predicted molar refractivity (Wildman–Crippen MR) is 40.3 cm³/mol. The summed E-state index contributed by atoms with van der Waals surface area (Å²) >= 11 is 0. The van der Waals surface area contributed by atoms with Crippen molar-refractivity contribution in [2.45, 2.75) is 0 Å². The fourth-order valence-corrected chi connectivity index (χ4v) is 0.701. The molecule has 3 amide bonds. The van der Waals surface area contributed by atoms with Gasteiger partial charge in [0.05, 0.1) is 11.9 Å². The number of hydrogen-bond acceptors (Lipinski definition) is 3. The van der Waals surface area contributed by atoms with E-state index in [1.54, 1.807) is 0 Å². The maximum Gasteiger partial charge on any atom is 0.316 e. The second-order valence-corrected chi connectivity index (χ2v) is 2.01. The molecule has 0 aromatic carbocycles. The zero-order valence-corrected chi connectivity index (χ0v) is 6.00. The molecule has 0 radical (unpaired) electrons. The molecule has 0 unspecified atom stereocenters. The van der Waals surface area contributed by atoms with Gasteiger partial charge in [0, 0.05) is 0 Å². The van der Waals surface area contributed by atoms with E-state index in [0.717, 1.165) is 0 Å². The van der Waals surface area contributed by atoms with Crippen LogP contribution in [0.5, 0.6) is 0 Å². The lowest BCUT2D eigenvalue weighted by molar-refractivity contribution is 0.0996. The second-order valence-electron chi connectivity index (χ2n) is 2.01. The molecule has 0 spiro atoms. The molecule has 64 valence electrons. The molecule has 0 aliphatic heterocycles. The molecule has 0 fully saturated rings. The highest BCUT2D eigenvalue weighted by Crippen LogP contribution is 2.09. The minimum absolute atomic E-state index is 0.0220. The SMILES string of the molecule is NC(=O)Nc1cn[nH]c1C(N)=O. The first-order valence-corrected chi connectivity index (χ1v) is 3.01. The standard InChI is InChI=1S/C5H7N5O2/c6-4(11)3-2(1-8-10-3)9-5(7)12/h1H,(H2,6,11)(H,8,10)(H3,7,9,12). The van der Waals surface area contributed by atoms with Gasteiger partial charge in [-0.1, -0.05) is 0 Å². The lowest BCUT2D eigenvalue weighted by Gasteiger charge is -1.97. The third kappa shape index (κ3) is 1.51. The van der Waals surface area contributed by atoms with E-state index >= 15 is 0 Å². The van der Waals surface area contributed by atoms with E-state index in [9.17, 15) is 9.59 Å². The second kappa shape index (κ2) is 2.91. The van der Waals surface area contributed by atoms with Crippen molar-refractivity contribution in [3.05, 3.63) is 11.9 Å². The third-order valence-corrected chi connectivity index (χ3v) is 1.14. The Labute approximate surface area is 67.1 Å². The van der Waals surface area contributed by atoms with Crippen molar-refractivity contribution in [3.8, 4) is 0 Å². The molecule has 0 bridgehead atoms. The van der Waals surface area contributed by atoms with Crippen LogP contribution in [0.15, 0.2) is 6.20 Å². The molecule has 0 aliphatic carbocycles. The average molecular weight is 169 g/mol. The molecule has 0 saturated carbocycles. The van der Waals surface area contributed by atoms with Crippen molar-refractivity contribution in [1.82, 2.24) is 10.2 Å². The van der Waals surface area contributed by atoms with Crippen LogP contribution < -0.4 is 16.8 Å². The number of anilines is 1. The highest BCUT2D eigenvalue weighted by atomic mass is 16.2. The Bertz CT molecular complexity index is 317. The van der Waals surface area contributed by atoms with Gasteiger partial charge in [0.2, 0.25) is 0 Å². The summed E-state index contributed by atoms with van der Waals surface area (Å²) in [6.45, 7) is 0. The number of nitrogens with one attached hydrogen (secondary N) is 2. The summed E-state index contributed by atoms with van der Waals surface area (Å²) < 4.78 is 0. The lowest BCUT2D eigenvalue weighted by atomic mass is 10.3. The normalized spacial score (nSPS) is 9.33. The Hall–Kier alpha value is -2.05. The zero-order valence-electron chi connectivity index (χ0n) is 6.00. The molecule has 1 aromatic heterocycles. The van der Waals surface area contributed by atoms with Crippen molar-refractivity contribution in [2.75, 3.05) is 5.32 Å². The molecule has 0 saturated heterocycles. The van der Waals surface area contributed by atoms with Gasteiger partial charge in [0.1, 0.15) is 5.69 Å². The van der Waals surface area contributed by atoms with Gasteiger partial charge in [-0.25, -0.2) is 4.79 Å². The summed E-state index contributed by atoms with van der Waals surface area (Å²) in [5.41, 5.74) is 9.94. The van der Waals surface area contributed by atoms with Crippen LogP contribution in [0.4, 0.5) is 10.5 Å². The summed E-state index contributed by atoms with van der Waals surface area (Å²) in [4.78, 5) is 21.0. The Morgan fingerprint density at radius 3 is 2.67 bits per heavy atom. The van der Waals surface area contributed by atoms with Gasteiger partial charge in [-0.3, -0.25) is 9.89 Å².